The standard InChI is InChI=1S/C13H15N5S/c1-8(2)10(9-4-3-5-19-9)18-13-11-12(15-6-14-11)16-7-17-13/h3-8,10H,1-2H3,(H2,14,15,16,17,18). The molecule has 0 spiro atoms. The third-order valence-corrected chi connectivity index (χ3v) is 3.99. The van der Waals surface area contributed by atoms with E-state index in [1.807, 2.05) is 0 Å². The lowest BCUT2D eigenvalue weighted by Crippen LogP contribution is -2.16. The van der Waals surface area contributed by atoms with Crippen molar-refractivity contribution in [3.05, 3.63) is 35.0 Å². The van der Waals surface area contributed by atoms with Crippen LogP contribution in [0.25, 0.3) is 11.2 Å². The minimum absolute atomic E-state index is 0.237. The van der Waals surface area contributed by atoms with Crippen LogP contribution in [0.2, 0.25) is 0 Å². The first kappa shape index (κ1) is 12.1. The van der Waals surface area contributed by atoms with Gasteiger partial charge in [0.1, 0.15) is 11.8 Å². The Hall–Kier alpha value is -1.95. The second kappa shape index (κ2) is 4.97. The fraction of sp³-hybridized carbons (Fsp3) is 0.308. The van der Waals surface area contributed by atoms with E-state index in [0.717, 1.165) is 11.3 Å². The van der Waals surface area contributed by atoms with Crippen molar-refractivity contribution < 1.29 is 0 Å². The van der Waals surface area contributed by atoms with Gasteiger partial charge in [0.2, 0.25) is 0 Å². The van der Waals surface area contributed by atoms with E-state index in [2.05, 4.69) is 56.6 Å². The van der Waals surface area contributed by atoms with Crippen LogP contribution in [-0.4, -0.2) is 19.9 Å². The Morgan fingerprint density at radius 3 is 2.89 bits per heavy atom. The van der Waals surface area contributed by atoms with Gasteiger partial charge in [0, 0.05) is 4.88 Å². The zero-order valence-corrected chi connectivity index (χ0v) is 11.6. The van der Waals surface area contributed by atoms with Gasteiger partial charge >= 0.3 is 0 Å². The van der Waals surface area contributed by atoms with Gasteiger partial charge in [-0.2, -0.15) is 0 Å². The number of rotatable bonds is 4. The summed E-state index contributed by atoms with van der Waals surface area (Å²) < 4.78 is 0. The number of aromatic nitrogens is 4. The quantitative estimate of drug-likeness (QED) is 0.766. The average molecular weight is 273 g/mol. The van der Waals surface area contributed by atoms with Gasteiger partial charge in [0.25, 0.3) is 0 Å². The molecule has 5 nitrogen and oxygen atoms in total. The van der Waals surface area contributed by atoms with Crippen LogP contribution >= 0.6 is 11.3 Å². The molecule has 3 heterocycles. The lowest BCUT2D eigenvalue weighted by molar-refractivity contribution is 0.552. The maximum Gasteiger partial charge on any atom is 0.182 e. The van der Waals surface area contributed by atoms with Crippen molar-refractivity contribution in [2.45, 2.75) is 19.9 Å². The van der Waals surface area contributed by atoms with Gasteiger partial charge in [0.05, 0.1) is 12.4 Å². The molecule has 3 aromatic heterocycles. The predicted molar refractivity (Wildman–Crippen MR) is 77.2 cm³/mol. The number of fused-ring (bicyclic) bond motifs is 1. The molecule has 0 aliphatic rings. The van der Waals surface area contributed by atoms with E-state index < -0.39 is 0 Å². The molecular formula is C13H15N5S. The number of H-pyrrole nitrogens is 1. The van der Waals surface area contributed by atoms with Crippen LogP contribution in [0.3, 0.4) is 0 Å². The van der Waals surface area contributed by atoms with E-state index in [9.17, 15) is 0 Å². The van der Waals surface area contributed by atoms with Gasteiger partial charge in [0.15, 0.2) is 11.5 Å². The van der Waals surface area contributed by atoms with Gasteiger partial charge in [-0.25, -0.2) is 15.0 Å². The van der Waals surface area contributed by atoms with E-state index in [-0.39, 0.29) is 6.04 Å². The van der Waals surface area contributed by atoms with Gasteiger partial charge in [-0.15, -0.1) is 11.3 Å². The van der Waals surface area contributed by atoms with Crippen LogP contribution in [0.5, 0.6) is 0 Å². The fourth-order valence-electron chi connectivity index (χ4n) is 2.06. The smallest absolute Gasteiger partial charge is 0.182 e. The molecule has 19 heavy (non-hydrogen) atoms. The number of hydrogen-bond acceptors (Lipinski definition) is 5. The van der Waals surface area contributed by atoms with Crippen molar-refractivity contribution >= 4 is 28.3 Å². The Labute approximate surface area is 115 Å². The molecule has 0 aliphatic carbocycles. The summed E-state index contributed by atoms with van der Waals surface area (Å²) in [5.41, 5.74) is 1.54. The lowest BCUT2D eigenvalue weighted by Gasteiger charge is -2.21. The molecule has 0 fully saturated rings. The second-order valence-corrected chi connectivity index (χ2v) is 5.68. The molecule has 3 aromatic rings. The van der Waals surface area contributed by atoms with Crippen LogP contribution in [0.1, 0.15) is 24.8 Å². The maximum absolute atomic E-state index is 4.32. The first-order chi connectivity index (χ1) is 9.25. The molecule has 0 saturated carbocycles. The summed E-state index contributed by atoms with van der Waals surface area (Å²) >= 11 is 1.75. The highest BCUT2D eigenvalue weighted by Gasteiger charge is 2.18. The van der Waals surface area contributed by atoms with Crippen LogP contribution in [0, 0.1) is 5.92 Å². The van der Waals surface area contributed by atoms with Crippen LogP contribution < -0.4 is 5.32 Å². The number of nitrogens with one attached hydrogen (secondary N) is 2. The number of hydrogen-bond donors (Lipinski definition) is 2. The van der Waals surface area contributed by atoms with Crippen LogP contribution in [0.4, 0.5) is 5.82 Å². The second-order valence-electron chi connectivity index (χ2n) is 4.70. The lowest BCUT2D eigenvalue weighted by atomic mass is 10.0. The molecule has 0 aromatic carbocycles. The minimum Gasteiger partial charge on any atom is -0.360 e. The molecule has 2 N–H and O–H groups in total. The molecule has 0 radical (unpaired) electrons. The summed E-state index contributed by atoms with van der Waals surface area (Å²) in [4.78, 5) is 17.0. The van der Waals surface area contributed by atoms with Crippen molar-refractivity contribution in [2.24, 2.45) is 5.92 Å². The zero-order chi connectivity index (χ0) is 13.2. The monoisotopic (exact) mass is 273 g/mol. The Kier molecular flexibility index (Phi) is 3.16. The molecule has 1 unspecified atom stereocenters. The Morgan fingerprint density at radius 2 is 2.16 bits per heavy atom. The van der Waals surface area contributed by atoms with Gasteiger partial charge in [-0.3, -0.25) is 0 Å². The highest BCUT2D eigenvalue weighted by Crippen LogP contribution is 2.30. The number of thiophene rings is 1. The molecule has 3 rings (SSSR count). The van der Waals surface area contributed by atoms with E-state index >= 15 is 0 Å². The molecule has 0 aliphatic heterocycles. The summed E-state index contributed by atoms with van der Waals surface area (Å²) in [6.45, 7) is 4.39. The molecule has 0 bridgehead atoms. The van der Waals surface area contributed by atoms with Gasteiger partial charge in [-0.05, 0) is 17.4 Å². The first-order valence-electron chi connectivity index (χ1n) is 6.19. The molecular weight excluding hydrogens is 258 g/mol. The Morgan fingerprint density at radius 1 is 1.26 bits per heavy atom. The number of anilines is 1. The van der Waals surface area contributed by atoms with Crippen molar-refractivity contribution in [1.82, 2.24) is 19.9 Å². The molecule has 6 heteroatoms. The van der Waals surface area contributed by atoms with Crippen molar-refractivity contribution in [3.63, 3.8) is 0 Å². The summed E-state index contributed by atoms with van der Waals surface area (Å²) in [5.74, 6) is 1.26. The third-order valence-electron chi connectivity index (χ3n) is 3.03. The van der Waals surface area contributed by atoms with Gasteiger partial charge < -0.3 is 10.3 Å². The zero-order valence-electron chi connectivity index (χ0n) is 10.8. The van der Waals surface area contributed by atoms with Crippen LogP contribution in [0.15, 0.2) is 30.2 Å². The highest BCUT2D eigenvalue weighted by molar-refractivity contribution is 7.10. The van der Waals surface area contributed by atoms with E-state index in [1.54, 1.807) is 17.7 Å². The van der Waals surface area contributed by atoms with E-state index in [4.69, 9.17) is 0 Å². The third kappa shape index (κ3) is 2.31. The summed E-state index contributed by atoms with van der Waals surface area (Å²) in [7, 11) is 0. The van der Waals surface area contributed by atoms with E-state index in [1.165, 1.54) is 11.2 Å². The fourth-order valence-corrected chi connectivity index (χ4v) is 3.01. The molecule has 98 valence electrons. The SMILES string of the molecule is CC(C)C(Nc1ncnc2nc[nH]c12)c1cccs1. The average Bonchev–Trinajstić information content (AvgIpc) is 3.06. The predicted octanol–water partition coefficient (Wildman–Crippen LogP) is 3.22. The Bertz CT molecular complexity index is 659. The molecule has 0 amide bonds. The van der Waals surface area contributed by atoms with Crippen LogP contribution in [-0.2, 0) is 0 Å². The van der Waals surface area contributed by atoms with E-state index in [0.29, 0.717) is 11.6 Å². The van der Waals surface area contributed by atoms with Crippen molar-refractivity contribution in [1.29, 1.82) is 0 Å². The Balaban J connectivity index is 1.96. The maximum atomic E-state index is 4.32. The number of nitrogens with zero attached hydrogens (tertiary/aromatic N) is 3. The molecule has 1 atom stereocenters. The normalized spacial score (nSPS) is 13.0. The topological polar surface area (TPSA) is 66.5 Å². The number of imidazole rings is 1. The summed E-state index contributed by atoms with van der Waals surface area (Å²) in [6, 6.07) is 4.46. The largest absolute Gasteiger partial charge is 0.360 e. The van der Waals surface area contributed by atoms with Crippen molar-refractivity contribution in [2.75, 3.05) is 5.32 Å². The first-order valence-corrected chi connectivity index (χ1v) is 7.07. The molecule has 0 saturated heterocycles. The van der Waals surface area contributed by atoms with Crippen molar-refractivity contribution in [3.8, 4) is 0 Å². The minimum atomic E-state index is 0.237. The summed E-state index contributed by atoms with van der Waals surface area (Å²) in [6.07, 6.45) is 3.18. The summed E-state index contributed by atoms with van der Waals surface area (Å²) in [5, 5.41) is 5.59. The highest BCUT2D eigenvalue weighted by atomic mass is 32.1. The number of aromatic amines is 1. The van der Waals surface area contributed by atoms with Gasteiger partial charge in [-0.1, -0.05) is 19.9 Å².